The fourth-order valence-corrected chi connectivity index (χ4v) is 4.41. The Morgan fingerprint density at radius 3 is 2.77 bits per heavy atom. The van der Waals surface area contributed by atoms with Crippen LogP contribution in [-0.2, 0) is 14.3 Å². The normalized spacial score (nSPS) is 19.7. The number of ether oxygens (including phenoxy) is 2. The molecule has 2 aromatic rings. The zero-order valence-electron chi connectivity index (χ0n) is 16.0. The first-order valence-electron chi connectivity index (χ1n) is 8.94. The lowest BCUT2D eigenvalue weighted by Gasteiger charge is -2.24. The molecule has 1 aliphatic rings. The summed E-state index contributed by atoms with van der Waals surface area (Å²) < 4.78 is 25.8. The number of fused-ring (bicyclic) bond motifs is 1. The van der Waals surface area contributed by atoms with E-state index in [1.54, 1.807) is 13.0 Å². The second kappa shape index (κ2) is 8.76. The number of halogens is 3. The van der Waals surface area contributed by atoms with E-state index < -0.39 is 42.6 Å². The molecule has 1 aromatic heterocycles. The Balaban J connectivity index is 2.11. The number of carbonyl (C=O) groups excluding carboxylic acids is 2. The second-order valence-corrected chi connectivity index (χ2v) is 7.85. The van der Waals surface area contributed by atoms with Gasteiger partial charge in [-0.1, -0.05) is 11.6 Å². The number of nitrogens with zero attached hydrogens (tertiary/aromatic N) is 3. The number of hydrogen-bond donors (Lipinski definition) is 1. The van der Waals surface area contributed by atoms with Gasteiger partial charge in [-0.15, -0.1) is 0 Å². The number of likely N-dealkylation sites (tertiary alicyclic amines) is 1. The third-order valence-corrected chi connectivity index (χ3v) is 5.65. The molecule has 1 aliphatic heterocycles. The predicted octanol–water partition coefficient (Wildman–Crippen LogP) is 3.22. The monoisotopic (exact) mass is 505 g/mol. The number of Topliss-reactive ketones (excluding diaryl/α,β-unsaturated/α-hetero) is 1. The van der Waals surface area contributed by atoms with Gasteiger partial charge >= 0.3 is 12.1 Å². The standard InChI is InChI=1S/C18H18BrClFN3O6/c1-3-30-17(26)14(15(25)12-4-8(21)6-23(12)18(27)28)24-7-9-11(20)5-10(19)16(29-2)13(9)22-24/h5,7-8,12,14H,3-4,6H2,1-2H3,(H,27,28)/t8-,12+,14?/m1/s1. The van der Waals surface area contributed by atoms with Crippen LogP contribution in [0, 0.1) is 0 Å². The van der Waals surface area contributed by atoms with Crippen LogP contribution in [0.1, 0.15) is 19.4 Å². The SMILES string of the molecule is CCOC(=O)C(C(=O)[C@@H]1C[C@@H](F)CN1C(=O)O)n1cc2c(Cl)cc(Br)c(OC)c2n1. The Morgan fingerprint density at radius 1 is 1.47 bits per heavy atom. The van der Waals surface area contributed by atoms with E-state index in [2.05, 4.69) is 21.0 Å². The summed E-state index contributed by atoms with van der Waals surface area (Å²) in [6.07, 6.45) is -1.94. The van der Waals surface area contributed by atoms with E-state index in [0.717, 1.165) is 4.68 Å². The topological polar surface area (TPSA) is 111 Å². The highest BCUT2D eigenvalue weighted by Crippen LogP contribution is 2.38. The smallest absolute Gasteiger partial charge is 0.408 e. The van der Waals surface area contributed by atoms with Crippen molar-refractivity contribution in [3.8, 4) is 5.75 Å². The molecule has 1 saturated heterocycles. The zero-order valence-corrected chi connectivity index (χ0v) is 18.3. The van der Waals surface area contributed by atoms with Crippen molar-refractivity contribution in [2.75, 3.05) is 20.3 Å². The Kier molecular flexibility index (Phi) is 6.51. The predicted molar refractivity (Wildman–Crippen MR) is 108 cm³/mol. The summed E-state index contributed by atoms with van der Waals surface area (Å²) in [4.78, 5) is 38.0. The number of esters is 1. The number of carboxylic acid groups (broad SMARTS) is 1. The number of rotatable bonds is 6. The van der Waals surface area contributed by atoms with Gasteiger partial charge in [0.05, 0.1) is 35.8 Å². The Bertz CT molecular complexity index is 1020. The number of ketones is 1. The van der Waals surface area contributed by atoms with Crippen molar-refractivity contribution < 1.29 is 33.4 Å². The molecule has 3 atom stereocenters. The van der Waals surface area contributed by atoms with Crippen LogP contribution in [0.25, 0.3) is 10.9 Å². The van der Waals surface area contributed by atoms with Crippen LogP contribution < -0.4 is 4.74 Å². The highest BCUT2D eigenvalue weighted by atomic mass is 79.9. The highest BCUT2D eigenvalue weighted by molar-refractivity contribution is 9.10. The maximum Gasteiger partial charge on any atom is 0.408 e. The van der Waals surface area contributed by atoms with E-state index in [4.69, 9.17) is 21.1 Å². The van der Waals surface area contributed by atoms with E-state index in [-0.39, 0.29) is 23.6 Å². The molecule has 1 unspecified atom stereocenters. The molecule has 1 amide bonds. The molecule has 2 heterocycles. The van der Waals surface area contributed by atoms with Crippen molar-refractivity contribution in [2.45, 2.75) is 31.6 Å². The molecule has 9 nitrogen and oxygen atoms in total. The molecule has 0 aliphatic carbocycles. The average Bonchev–Trinajstić information content (AvgIpc) is 3.27. The van der Waals surface area contributed by atoms with Gasteiger partial charge in [0, 0.05) is 18.0 Å². The maximum absolute atomic E-state index is 13.9. The molecule has 0 bridgehead atoms. The molecule has 162 valence electrons. The van der Waals surface area contributed by atoms with Gasteiger partial charge in [-0.3, -0.25) is 9.69 Å². The van der Waals surface area contributed by atoms with E-state index in [0.29, 0.717) is 20.5 Å². The van der Waals surface area contributed by atoms with Crippen LogP contribution in [0.5, 0.6) is 5.75 Å². The van der Waals surface area contributed by atoms with Crippen molar-refractivity contribution in [1.82, 2.24) is 14.7 Å². The largest absolute Gasteiger partial charge is 0.493 e. The Morgan fingerprint density at radius 2 is 2.17 bits per heavy atom. The van der Waals surface area contributed by atoms with Gasteiger partial charge in [0.25, 0.3) is 0 Å². The van der Waals surface area contributed by atoms with Gasteiger partial charge < -0.3 is 14.6 Å². The molecule has 0 spiro atoms. The third-order valence-electron chi connectivity index (χ3n) is 4.75. The van der Waals surface area contributed by atoms with Crippen LogP contribution >= 0.6 is 27.5 Å². The summed E-state index contributed by atoms with van der Waals surface area (Å²) in [5, 5.41) is 14.3. The number of methoxy groups -OCH3 is 1. The summed E-state index contributed by atoms with van der Waals surface area (Å²) in [6.45, 7) is 1.10. The molecule has 0 saturated carbocycles. The molecule has 3 rings (SSSR count). The number of aromatic nitrogens is 2. The number of hydrogen-bond acceptors (Lipinski definition) is 6. The molecule has 0 radical (unpaired) electrons. The Hall–Kier alpha value is -2.40. The van der Waals surface area contributed by atoms with Crippen LogP contribution in [0.2, 0.25) is 5.02 Å². The first-order valence-corrected chi connectivity index (χ1v) is 10.1. The van der Waals surface area contributed by atoms with Crippen molar-refractivity contribution >= 4 is 56.3 Å². The lowest BCUT2D eigenvalue weighted by molar-refractivity contribution is -0.152. The third kappa shape index (κ3) is 3.95. The summed E-state index contributed by atoms with van der Waals surface area (Å²) in [7, 11) is 1.42. The fourth-order valence-electron chi connectivity index (χ4n) is 3.45. The van der Waals surface area contributed by atoms with Crippen LogP contribution in [0.4, 0.5) is 9.18 Å². The van der Waals surface area contributed by atoms with E-state index >= 15 is 0 Å². The van der Waals surface area contributed by atoms with Gasteiger partial charge in [-0.25, -0.2) is 18.7 Å². The minimum atomic E-state index is -1.62. The zero-order chi connectivity index (χ0) is 22.2. The maximum atomic E-state index is 13.9. The molecular formula is C18H18BrClFN3O6. The number of amides is 1. The minimum Gasteiger partial charge on any atom is -0.493 e. The first-order chi connectivity index (χ1) is 14.2. The van der Waals surface area contributed by atoms with E-state index in [9.17, 15) is 23.9 Å². The average molecular weight is 507 g/mol. The van der Waals surface area contributed by atoms with Gasteiger partial charge in [0.15, 0.2) is 11.5 Å². The quantitative estimate of drug-likeness (QED) is 0.473. The minimum absolute atomic E-state index is 0.0158. The molecule has 1 fully saturated rings. The van der Waals surface area contributed by atoms with Crippen molar-refractivity contribution in [1.29, 1.82) is 0 Å². The summed E-state index contributed by atoms with van der Waals surface area (Å²) in [6, 6.07) is -1.38. The van der Waals surface area contributed by atoms with Crippen LogP contribution in [0.3, 0.4) is 0 Å². The van der Waals surface area contributed by atoms with Crippen LogP contribution in [0.15, 0.2) is 16.7 Å². The summed E-state index contributed by atoms with van der Waals surface area (Å²) in [5.41, 5.74) is 0.281. The number of benzene rings is 1. The van der Waals surface area contributed by atoms with Gasteiger partial charge in [-0.2, -0.15) is 5.10 Å². The van der Waals surface area contributed by atoms with Gasteiger partial charge in [0.1, 0.15) is 11.7 Å². The summed E-state index contributed by atoms with van der Waals surface area (Å²) in [5.74, 6) is -1.44. The molecule has 1 aromatic carbocycles. The summed E-state index contributed by atoms with van der Waals surface area (Å²) >= 11 is 9.58. The number of alkyl halides is 1. The fraction of sp³-hybridized carbons (Fsp3) is 0.444. The molecule has 30 heavy (non-hydrogen) atoms. The van der Waals surface area contributed by atoms with Crippen molar-refractivity contribution in [3.05, 3.63) is 21.8 Å². The van der Waals surface area contributed by atoms with Gasteiger partial charge in [0.2, 0.25) is 6.04 Å². The first kappa shape index (κ1) is 22.3. The van der Waals surface area contributed by atoms with E-state index in [1.165, 1.54) is 13.3 Å². The lowest BCUT2D eigenvalue weighted by Crippen LogP contribution is -2.45. The lowest BCUT2D eigenvalue weighted by atomic mass is 10.0. The Labute approximate surface area is 183 Å². The van der Waals surface area contributed by atoms with Crippen molar-refractivity contribution in [2.24, 2.45) is 0 Å². The second-order valence-electron chi connectivity index (χ2n) is 6.59. The molecular weight excluding hydrogens is 489 g/mol. The van der Waals surface area contributed by atoms with Gasteiger partial charge in [-0.05, 0) is 28.9 Å². The van der Waals surface area contributed by atoms with Crippen LogP contribution in [-0.4, -0.2) is 70.1 Å². The molecule has 1 N–H and O–H groups in total. The van der Waals surface area contributed by atoms with E-state index in [1.807, 2.05) is 0 Å². The highest BCUT2D eigenvalue weighted by Gasteiger charge is 2.45. The van der Waals surface area contributed by atoms with Crippen molar-refractivity contribution in [3.63, 3.8) is 0 Å². The number of carbonyl (C=O) groups is 3. The molecule has 12 heteroatoms.